The molecule has 1 amide bonds. The van der Waals surface area contributed by atoms with Crippen molar-refractivity contribution in [3.05, 3.63) is 33.1 Å². The number of halogens is 1. The van der Waals surface area contributed by atoms with Crippen LogP contribution in [0.5, 0.6) is 0 Å². The van der Waals surface area contributed by atoms with Gasteiger partial charge in [0.2, 0.25) is 5.91 Å². The quantitative estimate of drug-likeness (QED) is 0.779. The van der Waals surface area contributed by atoms with Crippen LogP contribution in [-0.4, -0.2) is 50.7 Å². The zero-order chi connectivity index (χ0) is 18.5. The molecule has 2 aliphatic heterocycles. The first-order valence-electron chi connectivity index (χ1n) is 9.15. The van der Waals surface area contributed by atoms with Crippen molar-refractivity contribution in [2.45, 2.75) is 25.8 Å². The van der Waals surface area contributed by atoms with Crippen LogP contribution >= 0.6 is 12.4 Å². The number of nitrogens with one attached hydrogen (secondary N) is 1. The third-order valence-electron chi connectivity index (χ3n) is 6.18. The van der Waals surface area contributed by atoms with Gasteiger partial charge in [-0.3, -0.25) is 18.7 Å². The van der Waals surface area contributed by atoms with E-state index in [1.165, 1.54) is 18.0 Å². The van der Waals surface area contributed by atoms with E-state index in [-0.39, 0.29) is 36.1 Å². The van der Waals surface area contributed by atoms with E-state index in [1.807, 2.05) is 4.90 Å². The van der Waals surface area contributed by atoms with Crippen LogP contribution in [0.4, 0.5) is 0 Å². The molecule has 2 saturated heterocycles. The minimum absolute atomic E-state index is 0. The predicted molar refractivity (Wildman–Crippen MR) is 105 cm³/mol. The number of carbonyl (C=O) groups is 1. The number of carbonyl (C=O) groups excluding carboxylic acids is 1. The number of likely N-dealkylation sites (tertiary alicyclic amines) is 1. The Morgan fingerprint density at radius 1 is 1.15 bits per heavy atom. The van der Waals surface area contributed by atoms with E-state index in [2.05, 4.69) is 5.32 Å². The molecule has 1 spiro atoms. The van der Waals surface area contributed by atoms with Gasteiger partial charge in [-0.2, -0.15) is 0 Å². The smallest absolute Gasteiger partial charge is 0.332 e. The van der Waals surface area contributed by atoms with Gasteiger partial charge in [-0.05, 0) is 37.3 Å². The number of amides is 1. The van der Waals surface area contributed by atoms with Crippen molar-refractivity contribution in [2.24, 2.45) is 19.5 Å². The lowest BCUT2D eigenvalue weighted by Gasteiger charge is -2.39. The number of piperidine rings is 1. The molecule has 0 saturated carbocycles. The Balaban J connectivity index is 0.00000210. The summed E-state index contributed by atoms with van der Waals surface area (Å²) in [5.74, 6) is 0.0384. The van der Waals surface area contributed by atoms with Crippen molar-refractivity contribution in [1.82, 2.24) is 23.9 Å². The Morgan fingerprint density at radius 2 is 1.85 bits per heavy atom. The maximum Gasteiger partial charge on any atom is 0.332 e. The van der Waals surface area contributed by atoms with E-state index in [4.69, 9.17) is 0 Å². The van der Waals surface area contributed by atoms with Crippen molar-refractivity contribution in [3.63, 3.8) is 0 Å². The summed E-state index contributed by atoms with van der Waals surface area (Å²) in [7, 11) is 3.09. The van der Waals surface area contributed by atoms with Gasteiger partial charge >= 0.3 is 5.69 Å². The zero-order valence-corrected chi connectivity index (χ0v) is 16.5. The highest BCUT2D eigenvalue weighted by atomic mass is 35.5. The lowest BCUT2D eigenvalue weighted by Crippen LogP contribution is -2.45. The van der Waals surface area contributed by atoms with E-state index in [0.717, 1.165) is 43.6 Å². The van der Waals surface area contributed by atoms with Gasteiger partial charge in [0, 0.05) is 39.9 Å². The van der Waals surface area contributed by atoms with Crippen molar-refractivity contribution >= 4 is 29.3 Å². The Bertz CT molecular complexity index is 973. The fourth-order valence-electron chi connectivity index (χ4n) is 4.41. The molecule has 0 unspecified atom stereocenters. The van der Waals surface area contributed by atoms with Crippen LogP contribution in [0.2, 0.25) is 0 Å². The molecule has 0 aliphatic carbocycles. The molecule has 9 heteroatoms. The molecule has 0 radical (unpaired) electrons. The fraction of sp³-hybridized carbons (Fsp3) is 0.611. The maximum absolute atomic E-state index is 12.8. The maximum atomic E-state index is 12.8. The van der Waals surface area contributed by atoms with Crippen LogP contribution in [-0.2, 0) is 25.4 Å². The average Bonchev–Trinajstić information content (AvgIpc) is 3.26. The van der Waals surface area contributed by atoms with Gasteiger partial charge in [-0.25, -0.2) is 4.79 Å². The molecule has 2 aromatic heterocycles. The van der Waals surface area contributed by atoms with E-state index < -0.39 is 0 Å². The summed E-state index contributed by atoms with van der Waals surface area (Å²) in [5, 5.41) is 3.89. The van der Waals surface area contributed by atoms with Crippen molar-refractivity contribution in [3.8, 4) is 0 Å². The predicted octanol–water partition coefficient (Wildman–Crippen LogP) is 0.0626. The van der Waals surface area contributed by atoms with Gasteiger partial charge in [-0.15, -0.1) is 12.4 Å². The molecule has 0 atom stereocenters. The first kappa shape index (κ1) is 19.7. The van der Waals surface area contributed by atoms with Crippen molar-refractivity contribution < 1.29 is 4.79 Å². The summed E-state index contributed by atoms with van der Waals surface area (Å²) in [6.45, 7) is 3.84. The second kappa shape index (κ2) is 7.16. The highest BCUT2D eigenvalue weighted by molar-refractivity contribution is 5.85. The third-order valence-corrected chi connectivity index (χ3v) is 6.18. The lowest BCUT2D eigenvalue weighted by atomic mass is 9.78. The van der Waals surface area contributed by atoms with Crippen molar-refractivity contribution in [1.29, 1.82) is 0 Å². The molecular weight excluding hydrogens is 370 g/mol. The van der Waals surface area contributed by atoms with E-state index in [1.54, 1.807) is 23.9 Å². The fourth-order valence-corrected chi connectivity index (χ4v) is 4.41. The minimum Gasteiger partial charge on any atom is -0.341 e. The summed E-state index contributed by atoms with van der Waals surface area (Å²) < 4.78 is 4.23. The number of hydrogen-bond donors (Lipinski definition) is 1. The molecule has 4 heterocycles. The Labute approximate surface area is 163 Å². The van der Waals surface area contributed by atoms with Crippen LogP contribution < -0.4 is 16.6 Å². The largest absolute Gasteiger partial charge is 0.341 e. The summed E-state index contributed by atoms with van der Waals surface area (Å²) in [4.78, 5) is 39.2. The molecule has 2 aliphatic rings. The number of aromatic nitrogens is 3. The molecule has 0 bridgehead atoms. The van der Waals surface area contributed by atoms with Gasteiger partial charge in [0.1, 0.15) is 12.2 Å². The number of aryl methyl sites for hydroxylation is 1. The monoisotopic (exact) mass is 395 g/mol. The number of rotatable bonds is 2. The summed E-state index contributed by atoms with van der Waals surface area (Å²) in [5.41, 5.74) is 0.152. The SMILES string of the molecule is Cl.Cn1c(=O)c2ccn(CC(=O)N3CCC4(CCNC4)CC3)c2n(C)c1=O. The standard InChI is InChI=1S/C18H25N5O3.ClH/c1-20-15-13(16(25)21(2)17(20)26)3-8-23(15)11-14(24)22-9-5-18(6-10-22)4-7-19-12-18;/h3,8,19H,4-7,9-12H2,1-2H3;1H. The lowest BCUT2D eigenvalue weighted by molar-refractivity contribution is -0.133. The molecule has 8 nitrogen and oxygen atoms in total. The molecule has 27 heavy (non-hydrogen) atoms. The number of nitrogens with zero attached hydrogens (tertiary/aromatic N) is 4. The van der Waals surface area contributed by atoms with Gasteiger partial charge in [0.15, 0.2) is 0 Å². The van der Waals surface area contributed by atoms with Crippen molar-refractivity contribution in [2.75, 3.05) is 26.2 Å². The molecule has 1 N–H and O–H groups in total. The normalized spacial score (nSPS) is 18.8. The summed E-state index contributed by atoms with van der Waals surface area (Å²) in [6, 6.07) is 1.68. The minimum atomic E-state index is -0.386. The second-order valence-corrected chi connectivity index (χ2v) is 7.69. The molecular formula is C18H26ClN5O3. The molecule has 2 aromatic rings. The Kier molecular flexibility index (Phi) is 5.22. The van der Waals surface area contributed by atoms with Crippen LogP contribution in [0, 0.1) is 5.41 Å². The van der Waals surface area contributed by atoms with Crippen LogP contribution in [0.1, 0.15) is 19.3 Å². The van der Waals surface area contributed by atoms with Crippen LogP contribution in [0.3, 0.4) is 0 Å². The Morgan fingerprint density at radius 3 is 2.48 bits per heavy atom. The van der Waals surface area contributed by atoms with Gasteiger partial charge in [0.05, 0.1) is 5.39 Å². The van der Waals surface area contributed by atoms with Crippen LogP contribution in [0.25, 0.3) is 11.0 Å². The summed E-state index contributed by atoms with van der Waals surface area (Å²) >= 11 is 0. The molecule has 2 fully saturated rings. The average molecular weight is 396 g/mol. The van der Waals surface area contributed by atoms with Gasteiger partial charge in [0.25, 0.3) is 5.56 Å². The van der Waals surface area contributed by atoms with E-state index in [0.29, 0.717) is 16.4 Å². The van der Waals surface area contributed by atoms with Gasteiger partial charge in [-0.1, -0.05) is 0 Å². The molecule has 4 rings (SSSR count). The van der Waals surface area contributed by atoms with Crippen LogP contribution in [0.15, 0.2) is 21.9 Å². The van der Waals surface area contributed by atoms with E-state index >= 15 is 0 Å². The topological polar surface area (TPSA) is 81.3 Å². The van der Waals surface area contributed by atoms with Gasteiger partial charge < -0.3 is 14.8 Å². The number of hydrogen-bond acceptors (Lipinski definition) is 4. The zero-order valence-electron chi connectivity index (χ0n) is 15.7. The second-order valence-electron chi connectivity index (χ2n) is 7.69. The number of fused-ring (bicyclic) bond motifs is 1. The first-order chi connectivity index (χ1) is 12.4. The summed E-state index contributed by atoms with van der Waals surface area (Å²) in [6.07, 6.45) is 4.99. The van der Waals surface area contributed by atoms with E-state index in [9.17, 15) is 14.4 Å². The third kappa shape index (κ3) is 3.21. The first-order valence-corrected chi connectivity index (χ1v) is 9.15. The molecule has 0 aromatic carbocycles. The highest BCUT2D eigenvalue weighted by Crippen LogP contribution is 2.36. The molecule has 148 valence electrons. The highest BCUT2D eigenvalue weighted by Gasteiger charge is 2.38. The Hall–Kier alpha value is -2.06.